The molecule has 3 aromatic rings. The monoisotopic (exact) mass is 305 g/mol. The standard InChI is InChI=1S/C10H9ClFNO.C7H8/c11-5-1-2-9-8-4-3-7(12)6-10(8)14-13-9;1-7-5-3-2-4-6-7/h3-4,6H,1-2,5H2;2-6H,1H3. The summed E-state index contributed by atoms with van der Waals surface area (Å²) in [7, 11) is 0. The van der Waals surface area contributed by atoms with Crippen LogP contribution in [0.15, 0.2) is 53.1 Å². The number of aryl methyl sites for hydroxylation is 2. The molecule has 0 radical (unpaired) electrons. The normalized spacial score (nSPS) is 10.2. The molecule has 0 bridgehead atoms. The third-order valence-electron chi connectivity index (χ3n) is 3.00. The molecule has 4 heteroatoms. The minimum atomic E-state index is -0.308. The van der Waals surface area contributed by atoms with Crippen LogP contribution < -0.4 is 0 Å². The summed E-state index contributed by atoms with van der Waals surface area (Å²) >= 11 is 5.58. The van der Waals surface area contributed by atoms with Crippen molar-refractivity contribution in [2.24, 2.45) is 0 Å². The molecule has 21 heavy (non-hydrogen) atoms. The Morgan fingerprint density at radius 1 is 1.14 bits per heavy atom. The molecule has 110 valence electrons. The van der Waals surface area contributed by atoms with Crippen molar-refractivity contribution in [3.05, 3.63) is 65.6 Å². The Labute approximate surface area is 128 Å². The summed E-state index contributed by atoms with van der Waals surface area (Å²) in [4.78, 5) is 0. The maximum absolute atomic E-state index is 12.8. The molecular weight excluding hydrogens is 289 g/mol. The highest BCUT2D eigenvalue weighted by molar-refractivity contribution is 6.17. The third-order valence-corrected chi connectivity index (χ3v) is 3.26. The van der Waals surface area contributed by atoms with Crippen LogP contribution in [0.4, 0.5) is 4.39 Å². The summed E-state index contributed by atoms with van der Waals surface area (Å²) in [6.07, 6.45) is 1.61. The van der Waals surface area contributed by atoms with Crippen molar-refractivity contribution < 1.29 is 8.91 Å². The van der Waals surface area contributed by atoms with E-state index in [1.54, 1.807) is 6.07 Å². The van der Waals surface area contributed by atoms with Gasteiger partial charge in [-0.05, 0) is 31.9 Å². The predicted octanol–water partition coefficient (Wildman–Crippen LogP) is 5.13. The summed E-state index contributed by atoms with van der Waals surface area (Å²) in [6, 6.07) is 14.7. The minimum absolute atomic E-state index is 0.308. The number of fused-ring (bicyclic) bond motifs is 1. The molecule has 0 amide bonds. The summed E-state index contributed by atoms with van der Waals surface area (Å²) in [5.41, 5.74) is 2.66. The molecule has 0 unspecified atom stereocenters. The Hall–Kier alpha value is -1.87. The van der Waals surface area contributed by atoms with Crippen LogP contribution in [0.5, 0.6) is 0 Å². The first-order valence-electron chi connectivity index (χ1n) is 6.82. The molecule has 2 nitrogen and oxygen atoms in total. The molecule has 0 saturated carbocycles. The molecule has 0 aliphatic rings. The van der Waals surface area contributed by atoms with Crippen molar-refractivity contribution in [3.8, 4) is 0 Å². The van der Waals surface area contributed by atoms with Crippen LogP contribution in [0.2, 0.25) is 0 Å². The smallest absolute Gasteiger partial charge is 0.170 e. The van der Waals surface area contributed by atoms with Crippen molar-refractivity contribution in [1.82, 2.24) is 5.16 Å². The van der Waals surface area contributed by atoms with Crippen molar-refractivity contribution in [3.63, 3.8) is 0 Å². The largest absolute Gasteiger partial charge is 0.356 e. The van der Waals surface area contributed by atoms with Gasteiger partial charge in [0.05, 0.1) is 5.69 Å². The Morgan fingerprint density at radius 2 is 1.90 bits per heavy atom. The van der Waals surface area contributed by atoms with Crippen LogP contribution >= 0.6 is 11.6 Å². The lowest BCUT2D eigenvalue weighted by Crippen LogP contribution is -1.86. The zero-order valence-electron chi connectivity index (χ0n) is 11.9. The van der Waals surface area contributed by atoms with E-state index in [-0.39, 0.29) is 5.82 Å². The van der Waals surface area contributed by atoms with E-state index in [1.165, 1.54) is 17.7 Å². The number of nitrogens with zero attached hydrogens (tertiary/aromatic N) is 1. The number of rotatable bonds is 3. The zero-order valence-corrected chi connectivity index (χ0v) is 12.6. The second-order valence-electron chi connectivity index (χ2n) is 4.72. The van der Waals surface area contributed by atoms with Gasteiger partial charge in [0, 0.05) is 17.3 Å². The molecule has 3 rings (SSSR count). The minimum Gasteiger partial charge on any atom is -0.356 e. The summed E-state index contributed by atoms with van der Waals surface area (Å²) < 4.78 is 17.8. The topological polar surface area (TPSA) is 26.0 Å². The number of halogens is 2. The van der Waals surface area contributed by atoms with Crippen LogP contribution in [0.1, 0.15) is 17.7 Å². The van der Waals surface area contributed by atoms with E-state index in [2.05, 4.69) is 24.2 Å². The Balaban J connectivity index is 0.000000194. The molecule has 0 fully saturated rings. The number of benzene rings is 2. The molecule has 0 aliphatic heterocycles. The fraction of sp³-hybridized carbons (Fsp3) is 0.235. The Bertz CT molecular complexity index is 682. The summed E-state index contributed by atoms with van der Waals surface area (Å²) in [6.45, 7) is 2.08. The lowest BCUT2D eigenvalue weighted by Gasteiger charge is -1.92. The second kappa shape index (κ2) is 7.79. The highest BCUT2D eigenvalue weighted by Gasteiger charge is 2.07. The second-order valence-corrected chi connectivity index (χ2v) is 5.09. The van der Waals surface area contributed by atoms with E-state index in [9.17, 15) is 4.39 Å². The first-order valence-corrected chi connectivity index (χ1v) is 7.35. The van der Waals surface area contributed by atoms with Gasteiger partial charge in [0.15, 0.2) is 5.58 Å². The quantitative estimate of drug-likeness (QED) is 0.627. The molecule has 2 aromatic carbocycles. The van der Waals surface area contributed by atoms with Gasteiger partial charge in [-0.15, -0.1) is 11.6 Å². The first kappa shape index (κ1) is 15.5. The third kappa shape index (κ3) is 4.57. The molecular formula is C17H17ClFNO. The van der Waals surface area contributed by atoms with Gasteiger partial charge in [0.1, 0.15) is 5.82 Å². The zero-order chi connectivity index (χ0) is 15.1. The number of alkyl halides is 1. The van der Waals surface area contributed by atoms with Crippen molar-refractivity contribution in [2.75, 3.05) is 5.88 Å². The van der Waals surface area contributed by atoms with E-state index in [0.29, 0.717) is 11.5 Å². The Kier molecular flexibility index (Phi) is 5.76. The highest BCUT2D eigenvalue weighted by Crippen LogP contribution is 2.20. The van der Waals surface area contributed by atoms with Gasteiger partial charge in [0.25, 0.3) is 0 Å². The molecule has 0 N–H and O–H groups in total. The van der Waals surface area contributed by atoms with E-state index in [1.807, 2.05) is 18.2 Å². The molecule has 0 spiro atoms. The maximum Gasteiger partial charge on any atom is 0.170 e. The fourth-order valence-corrected chi connectivity index (χ4v) is 2.05. The van der Waals surface area contributed by atoms with Crippen LogP contribution in [-0.2, 0) is 6.42 Å². The number of hydrogen-bond acceptors (Lipinski definition) is 2. The van der Waals surface area contributed by atoms with Gasteiger partial charge >= 0.3 is 0 Å². The molecule has 1 heterocycles. The van der Waals surface area contributed by atoms with Gasteiger partial charge in [-0.3, -0.25) is 0 Å². The van der Waals surface area contributed by atoms with Crippen LogP contribution in [0, 0.1) is 12.7 Å². The molecule has 0 atom stereocenters. The molecule has 1 aromatic heterocycles. The van der Waals surface area contributed by atoms with E-state index < -0.39 is 0 Å². The maximum atomic E-state index is 12.8. The Morgan fingerprint density at radius 3 is 2.52 bits per heavy atom. The summed E-state index contributed by atoms with van der Waals surface area (Å²) in [5.74, 6) is 0.285. The average Bonchev–Trinajstić information content (AvgIpc) is 2.88. The van der Waals surface area contributed by atoms with Gasteiger partial charge in [-0.1, -0.05) is 41.1 Å². The van der Waals surface area contributed by atoms with Crippen molar-refractivity contribution in [1.29, 1.82) is 0 Å². The lowest BCUT2D eigenvalue weighted by atomic mass is 10.1. The van der Waals surface area contributed by atoms with Gasteiger partial charge in [0.2, 0.25) is 0 Å². The number of hydrogen-bond donors (Lipinski definition) is 0. The molecule has 0 aliphatic carbocycles. The first-order chi connectivity index (χ1) is 10.2. The lowest BCUT2D eigenvalue weighted by molar-refractivity contribution is 0.444. The van der Waals surface area contributed by atoms with Crippen LogP contribution in [-0.4, -0.2) is 11.0 Å². The van der Waals surface area contributed by atoms with Crippen LogP contribution in [0.25, 0.3) is 11.0 Å². The summed E-state index contributed by atoms with van der Waals surface area (Å²) in [5, 5.41) is 4.75. The van der Waals surface area contributed by atoms with Crippen molar-refractivity contribution in [2.45, 2.75) is 19.8 Å². The number of aromatic nitrogens is 1. The van der Waals surface area contributed by atoms with Crippen LogP contribution in [0.3, 0.4) is 0 Å². The van der Waals surface area contributed by atoms with Gasteiger partial charge in [-0.2, -0.15) is 0 Å². The highest BCUT2D eigenvalue weighted by atomic mass is 35.5. The average molecular weight is 306 g/mol. The van der Waals surface area contributed by atoms with E-state index >= 15 is 0 Å². The fourth-order valence-electron chi connectivity index (χ4n) is 1.91. The van der Waals surface area contributed by atoms with E-state index in [0.717, 1.165) is 23.9 Å². The molecule has 0 saturated heterocycles. The van der Waals surface area contributed by atoms with Gasteiger partial charge in [-0.25, -0.2) is 4.39 Å². The van der Waals surface area contributed by atoms with Gasteiger partial charge < -0.3 is 4.52 Å². The van der Waals surface area contributed by atoms with E-state index in [4.69, 9.17) is 16.1 Å². The van der Waals surface area contributed by atoms with Crippen molar-refractivity contribution >= 4 is 22.6 Å². The predicted molar refractivity (Wildman–Crippen MR) is 84.2 cm³/mol. The SMILES string of the molecule is Cc1ccccc1.Fc1ccc2c(CCCCl)noc2c1.